The summed E-state index contributed by atoms with van der Waals surface area (Å²) in [6, 6.07) is 6.58. The van der Waals surface area contributed by atoms with Gasteiger partial charge in [0.05, 0.1) is 36.1 Å². The van der Waals surface area contributed by atoms with Crippen LogP contribution in [0.15, 0.2) is 29.1 Å². The number of ether oxygens (including phenoxy) is 1. The molecule has 2 aliphatic rings. The van der Waals surface area contributed by atoms with Crippen LogP contribution in [-0.4, -0.2) is 28.7 Å². The Labute approximate surface area is 183 Å². The molecule has 4 heterocycles. The Hall–Kier alpha value is -2.91. The van der Waals surface area contributed by atoms with E-state index in [1.807, 2.05) is 6.07 Å². The van der Waals surface area contributed by atoms with E-state index in [4.69, 9.17) is 4.74 Å². The lowest BCUT2D eigenvalue weighted by atomic mass is 9.86. The van der Waals surface area contributed by atoms with Crippen LogP contribution >= 0.6 is 0 Å². The number of aliphatic hydroxyl groups is 1. The first-order valence-electron chi connectivity index (χ1n) is 10.5. The molecule has 5 rings (SSSR count). The fourth-order valence-corrected chi connectivity index (χ4v) is 6.19. The summed E-state index contributed by atoms with van der Waals surface area (Å²) in [5.74, 6) is -1.62. The molecule has 0 saturated heterocycles. The standard InChI is InChI=1S/C23H22F2N2O4Si/c1-5-23(30)13-9-14-19-16(20(25)27(14)21(28)12(13)10-31-22(23)29)17(24)11-7-6-8-15(18(11)26-19)32(2,3)4/h6-9,20,30H,5,10H2,1-4H3/t20-,23+/m1/s1. The normalized spacial score (nSPS) is 21.8. The topological polar surface area (TPSA) is 81.4 Å². The maximum absolute atomic E-state index is 15.6. The van der Waals surface area contributed by atoms with E-state index in [0.717, 1.165) is 9.75 Å². The fourth-order valence-electron chi connectivity index (χ4n) is 4.69. The molecule has 32 heavy (non-hydrogen) atoms. The number of alkyl halides is 1. The highest BCUT2D eigenvalue weighted by atomic mass is 28.3. The van der Waals surface area contributed by atoms with Crippen molar-refractivity contribution >= 4 is 30.1 Å². The number of benzene rings is 1. The SMILES string of the molecule is CC[C@@]1(O)C(=O)OCc2c1cc1n(c2=O)[C@@H](F)c2c-1nc1c([Si](C)(C)C)cccc1c2F. The van der Waals surface area contributed by atoms with Crippen LogP contribution < -0.4 is 10.7 Å². The average molecular weight is 457 g/mol. The summed E-state index contributed by atoms with van der Waals surface area (Å²) in [6.07, 6.45) is -2.11. The Morgan fingerprint density at radius 2 is 2.03 bits per heavy atom. The molecule has 2 aromatic heterocycles. The number of hydrogen-bond donors (Lipinski definition) is 1. The van der Waals surface area contributed by atoms with Crippen LogP contribution in [-0.2, 0) is 21.7 Å². The van der Waals surface area contributed by atoms with Gasteiger partial charge in [-0.15, -0.1) is 0 Å². The summed E-state index contributed by atoms with van der Waals surface area (Å²) in [5.41, 5.74) is -2.55. The van der Waals surface area contributed by atoms with Crippen molar-refractivity contribution in [3.05, 3.63) is 57.1 Å². The van der Waals surface area contributed by atoms with Gasteiger partial charge in [-0.05, 0) is 23.7 Å². The number of fused-ring (bicyclic) bond motifs is 5. The van der Waals surface area contributed by atoms with Gasteiger partial charge in [0, 0.05) is 10.9 Å². The molecule has 9 heteroatoms. The molecule has 0 unspecified atom stereocenters. The highest BCUT2D eigenvalue weighted by Crippen LogP contribution is 2.44. The molecule has 6 nitrogen and oxygen atoms in total. The van der Waals surface area contributed by atoms with Crippen LogP contribution in [0.25, 0.3) is 22.3 Å². The largest absolute Gasteiger partial charge is 0.458 e. The Morgan fingerprint density at radius 1 is 1.31 bits per heavy atom. The first-order valence-corrected chi connectivity index (χ1v) is 14.0. The minimum Gasteiger partial charge on any atom is -0.458 e. The van der Waals surface area contributed by atoms with Gasteiger partial charge in [0.15, 0.2) is 5.60 Å². The zero-order valence-electron chi connectivity index (χ0n) is 18.1. The average Bonchev–Trinajstić information content (AvgIpc) is 3.02. The molecule has 3 aromatic rings. The summed E-state index contributed by atoms with van der Waals surface area (Å²) in [4.78, 5) is 30.1. The minimum absolute atomic E-state index is 0.0130. The van der Waals surface area contributed by atoms with Gasteiger partial charge in [0.1, 0.15) is 12.4 Å². The van der Waals surface area contributed by atoms with E-state index >= 15 is 8.78 Å². The summed E-state index contributed by atoms with van der Waals surface area (Å²) in [6.45, 7) is 7.52. The van der Waals surface area contributed by atoms with E-state index in [1.54, 1.807) is 19.1 Å². The quantitative estimate of drug-likeness (QED) is 0.473. The van der Waals surface area contributed by atoms with E-state index < -0.39 is 37.3 Å². The molecule has 0 amide bonds. The van der Waals surface area contributed by atoms with Crippen molar-refractivity contribution < 1.29 is 23.4 Å². The summed E-state index contributed by atoms with van der Waals surface area (Å²) in [5, 5.41) is 12.1. The number of carbonyl (C=O) groups excluding carboxylic acids is 1. The minimum atomic E-state index is -2.07. The number of carbonyl (C=O) groups is 1. The van der Waals surface area contributed by atoms with E-state index in [9.17, 15) is 14.7 Å². The summed E-state index contributed by atoms with van der Waals surface area (Å²) in [7, 11) is -1.93. The number of esters is 1. The van der Waals surface area contributed by atoms with Crippen LogP contribution in [0.3, 0.4) is 0 Å². The van der Waals surface area contributed by atoms with Gasteiger partial charge in [-0.1, -0.05) is 38.7 Å². The van der Waals surface area contributed by atoms with Crippen LogP contribution in [0.5, 0.6) is 0 Å². The molecule has 1 N–H and O–H groups in total. The smallest absolute Gasteiger partial charge is 0.343 e. The fraction of sp³-hybridized carbons (Fsp3) is 0.348. The van der Waals surface area contributed by atoms with Gasteiger partial charge < -0.3 is 9.84 Å². The van der Waals surface area contributed by atoms with Crippen molar-refractivity contribution in [2.45, 2.75) is 51.5 Å². The molecule has 166 valence electrons. The number of cyclic esters (lactones) is 1. The number of pyridine rings is 2. The zero-order valence-corrected chi connectivity index (χ0v) is 19.1. The molecule has 1 aromatic carbocycles. The second kappa shape index (κ2) is 6.55. The molecule has 0 saturated carbocycles. The predicted molar refractivity (Wildman–Crippen MR) is 118 cm³/mol. The number of halogens is 2. The number of rotatable bonds is 2. The van der Waals surface area contributed by atoms with Gasteiger partial charge in [-0.2, -0.15) is 0 Å². The summed E-state index contributed by atoms with van der Waals surface area (Å²) >= 11 is 0. The molecular weight excluding hydrogens is 434 g/mol. The number of aromatic nitrogens is 2. The second-order valence-corrected chi connectivity index (χ2v) is 14.4. The Bertz CT molecular complexity index is 1400. The molecule has 0 aliphatic carbocycles. The lowest BCUT2D eigenvalue weighted by Gasteiger charge is -2.31. The number of hydrogen-bond acceptors (Lipinski definition) is 5. The summed E-state index contributed by atoms with van der Waals surface area (Å²) < 4.78 is 37.0. The first kappa shape index (κ1) is 21.0. The second-order valence-electron chi connectivity index (χ2n) is 9.36. The Balaban J connectivity index is 1.89. The van der Waals surface area contributed by atoms with E-state index in [-0.39, 0.29) is 46.5 Å². The van der Waals surface area contributed by atoms with E-state index in [2.05, 4.69) is 24.6 Å². The third kappa shape index (κ3) is 2.55. The molecule has 0 spiro atoms. The molecule has 2 aliphatic heterocycles. The first-order chi connectivity index (χ1) is 15.0. The van der Waals surface area contributed by atoms with Gasteiger partial charge >= 0.3 is 5.97 Å². The van der Waals surface area contributed by atoms with Gasteiger partial charge in [0.25, 0.3) is 5.56 Å². The highest BCUT2D eigenvalue weighted by Gasteiger charge is 2.47. The van der Waals surface area contributed by atoms with Crippen molar-refractivity contribution in [2.75, 3.05) is 0 Å². The van der Waals surface area contributed by atoms with Crippen molar-refractivity contribution in [1.29, 1.82) is 0 Å². The maximum Gasteiger partial charge on any atom is 0.343 e. The monoisotopic (exact) mass is 456 g/mol. The number of para-hydroxylation sites is 1. The van der Waals surface area contributed by atoms with Gasteiger partial charge in [-0.3, -0.25) is 9.36 Å². The maximum atomic E-state index is 15.6. The van der Waals surface area contributed by atoms with Crippen LogP contribution in [0, 0.1) is 5.82 Å². The lowest BCUT2D eigenvalue weighted by Crippen LogP contribution is -2.44. The van der Waals surface area contributed by atoms with Crippen molar-refractivity contribution in [3.8, 4) is 11.4 Å². The van der Waals surface area contributed by atoms with Crippen LogP contribution in [0.4, 0.5) is 8.78 Å². The van der Waals surface area contributed by atoms with Crippen LogP contribution in [0.2, 0.25) is 19.6 Å². The van der Waals surface area contributed by atoms with E-state index in [1.165, 1.54) is 6.07 Å². The molecule has 0 bridgehead atoms. The molecule has 2 atom stereocenters. The third-order valence-electron chi connectivity index (χ3n) is 6.49. The van der Waals surface area contributed by atoms with Crippen LogP contribution in [0.1, 0.15) is 36.3 Å². The lowest BCUT2D eigenvalue weighted by molar-refractivity contribution is -0.172. The van der Waals surface area contributed by atoms with Crippen molar-refractivity contribution in [1.82, 2.24) is 9.55 Å². The van der Waals surface area contributed by atoms with Gasteiger partial charge in [0.2, 0.25) is 6.30 Å². The third-order valence-corrected chi connectivity index (χ3v) is 8.51. The molecular formula is C23H22F2N2O4Si. The number of nitrogens with zero attached hydrogens (tertiary/aromatic N) is 2. The zero-order chi connectivity index (χ0) is 23.2. The van der Waals surface area contributed by atoms with Gasteiger partial charge in [-0.25, -0.2) is 18.6 Å². The van der Waals surface area contributed by atoms with Crippen molar-refractivity contribution in [2.24, 2.45) is 0 Å². The molecule has 0 fully saturated rings. The Kier molecular flexibility index (Phi) is 4.29. The van der Waals surface area contributed by atoms with Crippen molar-refractivity contribution in [3.63, 3.8) is 0 Å². The Morgan fingerprint density at radius 3 is 2.69 bits per heavy atom. The highest BCUT2D eigenvalue weighted by molar-refractivity contribution is 6.90. The predicted octanol–water partition coefficient (Wildman–Crippen LogP) is 3.23. The van der Waals surface area contributed by atoms with E-state index in [0.29, 0.717) is 5.52 Å². The molecule has 0 radical (unpaired) electrons.